The van der Waals surface area contributed by atoms with Crippen molar-refractivity contribution in [2.75, 3.05) is 0 Å². The Hall–Kier alpha value is -6.51. The topological polar surface area (TPSA) is 17.8 Å². The molecule has 2 heterocycles. The molecule has 228 valence electrons. The van der Waals surface area contributed by atoms with E-state index in [9.17, 15) is 0 Å². The predicted molar refractivity (Wildman–Crippen MR) is 207 cm³/mol. The van der Waals surface area contributed by atoms with Gasteiger partial charge in [-0.1, -0.05) is 133 Å². The van der Waals surface area contributed by atoms with Gasteiger partial charge in [-0.2, -0.15) is 0 Å². The average Bonchev–Trinajstić information content (AvgIpc) is 3.52. The molecule has 0 atom stereocenters. The number of rotatable bonds is 4. The van der Waals surface area contributed by atoms with Gasteiger partial charge in [-0.3, -0.25) is 0 Å². The Morgan fingerprint density at radius 3 is 1.86 bits per heavy atom. The Balaban J connectivity index is 1.15. The highest BCUT2D eigenvalue weighted by molar-refractivity contribution is 6.22. The second-order valence-corrected chi connectivity index (χ2v) is 12.8. The van der Waals surface area contributed by atoms with Gasteiger partial charge in [-0.05, 0) is 92.3 Å². The molecule has 0 spiro atoms. The Kier molecular flexibility index (Phi) is 6.22. The number of fused-ring (bicyclic) bond motifs is 7. The van der Waals surface area contributed by atoms with Gasteiger partial charge in [0.15, 0.2) is 0 Å². The maximum atomic E-state index is 5.23. The molecule has 0 amide bonds. The lowest BCUT2D eigenvalue weighted by Crippen LogP contribution is -1.93. The fourth-order valence-corrected chi connectivity index (χ4v) is 7.58. The molecule has 0 N–H and O–H groups in total. The fraction of sp³-hybridized carbons (Fsp3) is 0. The number of hydrogen-bond acceptors (Lipinski definition) is 1. The van der Waals surface area contributed by atoms with Crippen LogP contribution < -0.4 is 0 Å². The van der Waals surface area contributed by atoms with Gasteiger partial charge in [0.25, 0.3) is 0 Å². The van der Waals surface area contributed by atoms with Gasteiger partial charge < -0.3 is 4.57 Å². The lowest BCUT2D eigenvalue weighted by Gasteiger charge is -2.12. The number of aromatic nitrogens is 2. The van der Waals surface area contributed by atoms with Crippen molar-refractivity contribution >= 4 is 54.3 Å². The summed E-state index contributed by atoms with van der Waals surface area (Å²) in [4.78, 5) is 5.23. The molecule has 0 aliphatic rings. The second kappa shape index (κ2) is 11.0. The van der Waals surface area contributed by atoms with E-state index in [4.69, 9.17) is 4.98 Å². The first-order valence-electron chi connectivity index (χ1n) is 16.8. The van der Waals surface area contributed by atoms with E-state index in [1.165, 1.54) is 65.6 Å². The molecular weight excluding hydrogens is 593 g/mol. The van der Waals surface area contributed by atoms with Crippen LogP contribution in [0.3, 0.4) is 0 Å². The van der Waals surface area contributed by atoms with Crippen molar-refractivity contribution in [2.45, 2.75) is 0 Å². The van der Waals surface area contributed by atoms with Crippen LogP contribution in [0.5, 0.6) is 0 Å². The zero-order chi connectivity index (χ0) is 32.3. The minimum absolute atomic E-state index is 0.968. The van der Waals surface area contributed by atoms with E-state index in [0.29, 0.717) is 0 Å². The minimum Gasteiger partial charge on any atom is -0.309 e. The van der Waals surface area contributed by atoms with Crippen molar-refractivity contribution < 1.29 is 0 Å². The first-order valence-corrected chi connectivity index (χ1v) is 16.8. The van der Waals surface area contributed by atoms with Crippen LogP contribution in [0, 0.1) is 0 Å². The molecule has 0 aliphatic heterocycles. The first kappa shape index (κ1) is 27.6. The van der Waals surface area contributed by atoms with Crippen LogP contribution in [0.15, 0.2) is 182 Å². The second-order valence-electron chi connectivity index (χ2n) is 12.8. The molecule has 0 radical (unpaired) electrons. The lowest BCUT2D eigenvalue weighted by molar-refractivity contribution is 1.18. The molecule has 0 fully saturated rings. The summed E-state index contributed by atoms with van der Waals surface area (Å²) in [5.41, 5.74) is 11.4. The van der Waals surface area contributed by atoms with Crippen molar-refractivity contribution in [3.05, 3.63) is 182 Å². The Morgan fingerprint density at radius 1 is 0.367 bits per heavy atom. The molecule has 0 aliphatic carbocycles. The molecule has 0 unspecified atom stereocenters. The third kappa shape index (κ3) is 4.53. The standard InChI is InChI=1S/C47H30N2/c1-2-13-38(14-3-1)49-45-26-25-37(29-42(45)47-39-15-7-6-11-33(39)24-27-46(47)49)44-30-41(40-16-8-9-17-43(40)48-44)34-21-18-32(19-22-34)36-23-20-31-10-4-5-12-35(31)28-36/h1-30H. The van der Waals surface area contributed by atoms with Gasteiger partial charge in [-0.25, -0.2) is 4.98 Å². The van der Waals surface area contributed by atoms with Gasteiger partial charge in [0, 0.05) is 27.4 Å². The highest BCUT2D eigenvalue weighted by atomic mass is 15.0. The van der Waals surface area contributed by atoms with Crippen LogP contribution in [0.2, 0.25) is 0 Å². The SMILES string of the molecule is c1ccc(-n2c3ccc(-c4cc(-c5ccc(-c6ccc7ccccc7c6)cc5)c5ccccc5n4)cc3c3c4ccccc4ccc32)cc1. The van der Waals surface area contributed by atoms with Gasteiger partial charge in [0.1, 0.15) is 0 Å². The average molecular weight is 623 g/mol. The molecule has 10 rings (SSSR count). The Morgan fingerprint density at radius 2 is 1.00 bits per heavy atom. The largest absolute Gasteiger partial charge is 0.309 e. The predicted octanol–water partition coefficient (Wildman–Crippen LogP) is 12.6. The number of hydrogen-bond donors (Lipinski definition) is 0. The zero-order valence-corrected chi connectivity index (χ0v) is 26.7. The summed E-state index contributed by atoms with van der Waals surface area (Å²) in [6, 6.07) is 65.7. The van der Waals surface area contributed by atoms with Crippen LogP contribution in [-0.2, 0) is 0 Å². The molecule has 0 bridgehead atoms. The highest BCUT2D eigenvalue weighted by Gasteiger charge is 2.17. The summed E-state index contributed by atoms with van der Waals surface area (Å²) in [7, 11) is 0. The zero-order valence-electron chi connectivity index (χ0n) is 26.7. The molecule has 0 saturated heterocycles. The molecule has 49 heavy (non-hydrogen) atoms. The molecule has 10 aromatic rings. The number of para-hydroxylation sites is 2. The fourth-order valence-electron chi connectivity index (χ4n) is 7.58. The monoisotopic (exact) mass is 622 g/mol. The van der Waals surface area contributed by atoms with Crippen molar-refractivity contribution in [3.63, 3.8) is 0 Å². The summed E-state index contributed by atoms with van der Waals surface area (Å²) in [5.74, 6) is 0. The Bertz CT molecular complexity index is 2860. The first-order chi connectivity index (χ1) is 24.3. The summed E-state index contributed by atoms with van der Waals surface area (Å²) < 4.78 is 2.39. The maximum absolute atomic E-state index is 5.23. The molecule has 2 aromatic heterocycles. The van der Waals surface area contributed by atoms with Crippen LogP contribution in [0.1, 0.15) is 0 Å². The van der Waals surface area contributed by atoms with Crippen LogP contribution >= 0.6 is 0 Å². The quantitative estimate of drug-likeness (QED) is 0.191. The summed E-state index contributed by atoms with van der Waals surface area (Å²) >= 11 is 0. The van der Waals surface area contributed by atoms with E-state index < -0.39 is 0 Å². The van der Waals surface area contributed by atoms with E-state index in [-0.39, 0.29) is 0 Å². The van der Waals surface area contributed by atoms with Crippen molar-refractivity contribution in [2.24, 2.45) is 0 Å². The summed E-state index contributed by atoms with van der Waals surface area (Å²) in [6.45, 7) is 0. The molecule has 2 nitrogen and oxygen atoms in total. The smallest absolute Gasteiger partial charge is 0.0716 e. The van der Waals surface area contributed by atoms with E-state index in [2.05, 4.69) is 187 Å². The van der Waals surface area contributed by atoms with E-state index in [0.717, 1.165) is 27.8 Å². The van der Waals surface area contributed by atoms with E-state index >= 15 is 0 Å². The van der Waals surface area contributed by atoms with E-state index in [1.54, 1.807) is 0 Å². The molecule has 8 aromatic carbocycles. The lowest BCUT2D eigenvalue weighted by atomic mass is 9.95. The molecule has 2 heteroatoms. The summed E-state index contributed by atoms with van der Waals surface area (Å²) in [5, 5.41) is 8.66. The van der Waals surface area contributed by atoms with E-state index in [1.807, 2.05) is 0 Å². The highest BCUT2D eigenvalue weighted by Crippen LogP contribution is 2.40. The van der Waals surface area contributed by atoms with Crippen molar-refractivity contribution in [3.8, 4) is 39.2 Å². The number of nitrogens with zero attached hydrogens (tertiary/aromatic N) is 2. The maximum Gasteiger partial charge on any atom is 0.0716 e. The van der Waals surface area contributed by atoms with Crippen LogP contribution in [0.4, 0.5) is 0 Å². The van der Waals surface area contributed by atoms with Gasteiger partial charge in [-0.15, -0.1) is 0 Å². The van der Waals surface area contributed by atoms with Gasteiger partial charge in [0.05, 0.1) is 22.2 Å². The number of pyridine rings is 1. The van der Waals surface area contributed by atoms with Crippen molar-refractivity contribution in [1.82, 2.24) is 9.55 Å². The molecule has 0 saturated carbocycles. The minimum atomic E-state index is 0.968. The number of benzene rings is 8. The van der Waals surface area contributed by atoms with Gasteiger partial charge >= 0.3 is 0 Å². The third-order valence-electron chi connectivity index (χ3n) is 9.96. The van der Waals surface area contributed by atoms with Crippen LogP contribution in [0.25, 0.3) is 93.5 Å². The van der Waals surface area contributed by atoms with Crippen LogP contribution in [-0.4, -0.2) is 9.55 Å². The van der Waals surface area contributed by atoms with Gasteiger partial charge in [0.2, 0.25) is 0 Å². The Labute approximate surface area is 284 Å². The van der Waals surface area contributed by atoms with Crippen molar-refractivity contribution in [1.29, 1.82) is 0 Å². The molecular formula is C47H30N2. The normalized spacial score (nSPS) is 11.7. The third-order valence-corrected chi connectivity index (χ3v) is 9.96. The summed E-state index contributed by atoms with van der Waals surface area (Å²) in [6.07, 6.45) is 0.